The lowest BCUT2D eigenvalue weighted by molar-refractivity contribution is -0.275. The molecule has 6 nitrogen and oxygen atoms in total. The van der Waals surface area contributed by atoms with Crippen LogP contribution in [0.15, 0.2) is 48.5 Å². The van der Waals surface area contributed by atoms with Crippen LogP contribution in [0, 0.1) is 0 Å². The van der Waals surface area contributed by atoms with Gasteiger partial charge in [0.2, 0.25) is 5.95 Å². The Labute approximate surface area is 201 Å². The highest BCUT2D eigenvalue weighted by molar-refractivity contribution is 6.32. The number of nitrogens with zero attached hydrogens (tertiary/aromatic N) is 2. The van der Waals surface area contributed by atoms with Gasteiger partial charge in [-0.2, -0.15) is 4.98 Å². The molecular weight excluding hydrogens is 502 g/mol. The first-order valence-corrected chi connectivity index (χ1v) is 10.5. The van der Waals surface area contributed by atoms with Gasteiger partial charge in [-0.25, -0.2) is 4.98 Å². The summed E-state index contributed by atoms with van der Waals surface area (Å²) < 4.78 is 83.2. The Morgan fingerprint density at radius 2 is 1.66 bits per heavy atom. The molecule has 188 valence electrons. The number of benzene rings is 2. The van der Waals surface area contributed by atoms with E-state index in [9.17, 15) is 26.3 Å². The minimum absolute atomic E-state index is 0.0220. The van der Waals surface area contributed by atoms with Crippen molar-refractivity contribution in [2.75, 3.05) is 10.6 Å². The smallest absolute Gasteiger partial charge is 0.406 e. The largest absolute Gasteiger partial charge is 0.573 e. The lowest BCUT2D eigenvalue weighted by Crippen LogP contribution is -2.17. The van der Waals surface area contributed by atoms with Crippen molar-refractivity contribution in [3.8, 4) is 22.8 Å². The molecule has 0 saturated carbocycles. The molecule has 0 spiro atoms. The molecule has 1 atom stereocenters. The van der Waals surface area contributed by atoms with Crippen LogP contribution < -0.4 is 20.1 Å². The zero-order valence-corrected chi connectivity index (χ0v) is 19.0. The molecule has 1 aromatic heterocycles. The first-order chi connectivity index (χ1) is 16.3. The molecule has 0 aliphatic heterocycles. The van der Waals surface area contributed by atoms with Gasteiger partial charge >= 0.3 is 12.7 Å². The topological polar surface area (TPSA) is 68.3 Å². The Morgan fingerprint density at radius 3 is 2.29 bits per heavy atom. The van der Waals surface area contributed by atoms with Gasteiger partial charge in [0.05, 0.1) is 10.7 Å². The molecule has 0 aliphatic rings. The molecule has 3 rings (SSSR count). The summed E-state index contributed by atoms with van der Waals surface area (Å²) in [6, 6.07) is 10.2. The van der Waals surface area contributed by atoms with Gasteiger partial charge in [-0.1, -0.05) is 30.7 Å². The average Bonchev–Trinajstić information content (AvgIpc) is 2.73. The molecule has 0 amide bonds. The second-order valence-corrected chi connectivity index (χ2v) is 7.72. The first kappa shape index (κ1) is 26.2. The number of hydrogen-bond donors (Lipinski definition) is 2. The molecule has 0 saturated heterocycles. The van der Waals surface area contributed by atoms with E-state index in [0.717, 1.165) is 18.6 Å². The van der Waals surface area contributed by atoms with Crippen molar-refractivity contribution in [1.82, 2.24) is 9.97 Å². The van der Waals surface area contributed by atoms with Crippen LogP contribution in [-0.2, 0) is 0 Å². The highest BCUT2D eigenvalue weighted by atomic mass is 35.5. The van der Waals surface area contributed by atoms with Crippen molar-refractivity contribution >= 4 is 29.1 Å². The van der Waals surface area contributed by atoms with E-state index in [2.05, 4.69) is 30.1 Å². The van der Waals surface area contributed by atoms with Crippen molar-refractivity contribution in [2.24, 2.45) is 0 Å². The van der Waals surface area contributed by atoms with Gasteiger partial charge in [-0.3, -0.25) is 0 Å². The van der Waals surface area contributed by atoms with Crippen LogP contribution in [0.1, 0.15) is 20.3 Å². The summed E-state index contributed by atoms with van der Waals surface area (Å²) >= 11 is 5.90. The molecule has 0 radical (unpaired) electrons. The minimum Gasteiger partial charge on any atom is -0.406 e. The van der Waals surface area contributed by atoms with E-state index >= 15 is 0 Å². The van der Waals surface area contributed by atoms with E-state index in [0.29, 0.717) is 5.56 Å². The van der Waals surface area contributed by atoms with Crippen molar-refractivity contribution in [1.29, 1.82) is 0 Å². The number of rotatable bonds is 8. The number of aromatic nitrogens is 2. The number of anilines is 3. The molecule has 3 aromatic rings. The molecule has 0 bridgehead atoms. The van der Waals surface area contributed by atoms with Gasteiger partial charge in [-0.15, -0.1) is 26.3 Å². The lowest BCUT2D eigenvalue weighted by Gasteiger charge is -2.16. The van der Waals surface area contributed by atoms with Gasteiger partial charge in [-0.05, 0) is 43.7 Å². The van der Waals surface area contributed by atoms with E-state index in [1.54, 1.807) is 6.07 Å². The summed E-state index contributed by atoms with van der Waals surface area (Å²) in [5.74, 6) is -0.603. The predicted octanol–water partition coefficient (Wildman–Crippen LogP) is 7.55. The summed E-state index contributed by atoms with van der Waals surface area (Å²) in [6.07, 6.45) is -9.02. The van der Waals surface area contributed by atoms with Gasteiger partial charge < -0.3 is 20.1 Å². The van der Waals surface area contributed by atoms with E-state index in [1.807, 2.05) is 13.8 Å². The monoisotopic (exact) mass is 520 g/mol. The maximum atomic E-state index is 12.6. The highest BCUT2D eigenvalue weighted by Gasteiger charge is 2.32. The van der Waals surface area contributed by atoms with Crippen molar-refractivity contribution in [2.45, 2.75) is 39.0 Å². The molecule has 2 aromatic carbocycles. The molecule has 0 aliphatic carbocycles. The third-order valence-corrected chi connectivity index (χ3v) is 4.80. The Bertz CT molecular complexity index is 1170. The number of nitrogens with one attached hydrogen (secondary N) is 2. The van der Waals surface area contributed by atoms with Crippen LogP contribution >= 0.6 is 11.6 Å². The normalized spacial score (nSPS) is 12.7. The van der Waals surface area contributed by atoms with Gasteiger partial charge in [0, 0.05) is 23.4 Å². The Kier molecular flexibility index (Phi) is 7.83. The maximum Gasteiger partial charge on any atom is 0.573 e. The molecule has 1 heterocycles. The van der Waals surface area contributed by atoms with Crippen molar-refractivity contribution in [3.05, 3.63) is 53.6 Å². The fourth-order valence-corrected chi connectivity index (χ4v) is 3.05. The van der Waals surface area contributed by atoms with Crippen LogP contribution in [0.25, 0.3) is 11.3 Å². The third-order valence-electron chi connectivity index (χ3n) is 4.51. The number of alkyl halides is 6. The highest BCUT2D eigenvalue weighted by Crippen LogP contribution is 2.34. The molecule has 2 N–H and O–H groups in total. The summed E-state index contributed by atoms with van der Waals surface area (Å²) in [5, 5.41) is 5.69. The number of halogens is 7. The predicted molar refractivity (Wildman–Crippen MR) is 119 cm³/mol. The SMILES string of the molecule is CC[C@@H](C)Nc1nc(Nc2ccc(OC(F)(F)F)c(Cl)c2)cc(-c2cccc(OC(F)(F)F)c2)n1. The second-order valence-electron chi connectivity index (χ2n) is 7.31. The van der Waals surface area contributed by atoms with Crippen LogP contribution in [0.2, 0.25) is 5.02 Å². The third kappa shape index (κ3) is 8.09. The van der Waals surface area contributed by atoms with Crippen LogP contribution in [0.5, 0.6) is 11.5 Å². The van der Waals surface area contributed by atoms with E-state index in [4.69, 9.17) is 11.6 Å². The fourth-order valence-electron chi connectivity index (χ4n) is 2.83. The number of hydrogen-bond acceptors (Lipinski definition) is 6. The summed E-state index contributed by atoms with van der Waals surface area (Å²) in [5.41, 5.74) is 0.873. The van der Waals surface area contributed by atoms with Crippen LogP contribution in [0.4, 0.5) is 43.8 Å². The zero-order chi connectivity index (χ0) is 25.8. The molecular formula is C22H19ClF6N4O2. The van der Waals surface area contributed by atoms with E-state index in [1.165, 1.54) is 30.3 Å². The first-order valence-electron chi connectivity index (χ1n) is 10.2. The minimum atomic E-state index is -4.90. The van der Waals surface area contributed by atoms with Gasteiger partial charge in [0.15, 0.2) is 0 Å². The second kappa shape index (κ2) is 10.5. The molecule has 0 unspecified atom stereocenters. The Morgan fingerprint density at radius 1 is 0.943 bits per heavy atom. The standard InChI is InChI=1S/C22H19ClF6N4O2/c1-3-12(2)30-20-32-17(13-5-4-6-15(9-13)34-21(24,25)26)11-19(33-20)31-14-7-8-18(16(23)10-14)35-22(27,28)29/h4-12H,3H2,1-2H3,(H2,30,31,32,33)/t12-/m1/s1. The Balaban J connectivity index is 1.95. The molecule has 13 heteroatoms. The van der Waals surface area contributed by atoms with Gasteiger partial charge in [0.1, 0.15) is 17.3 Å². The number of ether oxygens (including phenoxy) is 2. The van der Waals surface area contributed by atoms with Crippen LogP contribution in [0.3, 0.4) is 0 Å². The van der Waals surface area contributed by atoms with Crippen LogP contribution in [-0.4, -0.2) is 28.7 Å². The molecule has 0 fully saturated rings. The summed E-state index contributed by atoms with van der Waals surface area (Å²) in [6.45, 7) is 3.82. The quantitative estimate of drug-likeness (QED) is 0.299. The maximum absolute atomic E-state index is 12.6. The average molecular weight is 521 g/mol. The van der Waals surface area contributed by atoms with E-state index < -0.39 is 24.2 Å². The zero-order valence-electron chi connectivity index (χ0n) is 18.3. The molecule has 35 heavy (non-hydrogen) atoms. The Hall–Kier alpha value is -3.41. The fraction of sp³-hybridized carbons (Fsp3) is 0.273. The summed E-state index contributed by atoms with van der Waals surface area (Å²) in [7, 11) is 0. The lowest BCUT2D eigenvalue weighted by atomic mass is 10.1. The van der Waals surface area contributed by atoms with Gasteiger partial charge in [0.25, 0.3) is 0 Å². The summed E-state index contributed by atoms with van der Waals surface area (Å²) in [4.78, 5) is 8.71. The van der Waals surface area contributed by atoms with Crippen molar-refractivity contribution < 1.29 is 35.8 Å². The van der Waals surface area contributed by atoms with E-state index in [-0.39, 0.29) is 34.2 Å². The van der Waals surface area contributed by atoms with Crippen molar-refractivity contribution in [3.63, 3.8) is 0 Å².